The lowest BCUT2D eigenvalue weighted by atomic mass is 10.2. The van der Waals surface area contributed by atoms with E-state index in [1.165, 1.54) is 12.1 Å². The second-order valence-electron chi connectivity index (χ2n) is 5.68. The van der Waals surface area contributed by atoms with Gasteiger partial charge in [0.15, 0.2) is 0 Å². The van der Waals surface area contributed by atoms with Crippen LogP contribution in [-0.4, -0.2) is 17.0 Å². The van der Waals surface area contributed by atoms with Gasteiger partial charge in [-0.05, 0) is 37.5 Å². The van der Waals surface area contributed by atoms with Crippen molar-refractivity contribution in [2.45, 2.75) is 32.2 Å². The van der Waals surface area contributed by atoms with Crippen molar-refractivity contribution >= 4 is 11.6 Å². The minimum absolute atomic E-state index is 0.224. The van der Waals surface area contributed by atoms with Crippen molar-refractivity contribution in [1.82, 2.24) is 9.97 Å². The quantitative estimate of drug-likeness (QED) is 0.938. The molecule has 0 spiro atoms. The highest BCUT2D eigenvalue weighted by molar-refractivity contribution is 5.56. The molecule has 4 nitrogen and oxygen atoms in total. The summed E-state index contributed by atoms with van der Waals surface area (Å²) in [6.45, 7) is 2.50. The van der Waals surface area contributed by atoms with Gasteiger partial charge in [0.1, 0.15) is 23.3 Å². The maximum Gasteiger partial charge on any atom is 0.137 e. The predicted molar refractivity (Wildman–Crippen MR) is 81.7 cm³/mol. The summed E-state index contributed by atoms with van der Waals surface area (Å²) >= 11 is 0. The van der Waals surface area contributed by atoms with Crippen LogP contribution in [0, 0.1) is 12.7 Å². The molecule has 0 amide bonds. The Balaban J connectivity index is 1.88. The molecule has 1 saturated carbocycles. The normalized spacial score (nSPS) is 14.2. The summed E-state index contributed by atoms with van der Waals surface area (Å²) in [5.41, 5.74) is 7.78. The molecule has 1 heterocycles. The van der Waals surface area contributed by atoms with Crippen LogP contribution in [0.2, 0.25) is 0 Å². The van der Waals surface area contributed by atoms with Crippen molar-refractivity contribution in [2.75, 3.05) is 17.7 Å². The van der Waals surface area contributed by atoms with Gasteiger partial charge in [-0.2, -0.15) is 0 Å². The van der Waals surface area contributed by atoms with Crippen LogP contribution in [0.4, 0.5) is 16.0 Å². The third-order valence-corrected chi connectivity index (χ3v) is 3.79. The molecule has 0 saturated heterocycles. The van der Waals surface area contributed by atoms with Gasteiger partial charge in [0.25, 0.3) is 0 Å². The number of anilines is 2. The van der Waals surface area contributed by atoms with Crippen LogP contribution in [0.3, 0.4) is 0 Å². The molecule has 5 heteroatoms. The zero-order chi connectivity index (χ0) is 15.0. The van der Waals surface area contributed by atoms with Crippen molar-refractivity contribution in [3.63, 3.8) is 0 Å². The van der Waals surface area contributed by atoms with Crippen molar-refractivity contribution in [1.29, 1.82) is 0 Å². The predicted octanol–water partition coefficient (Wildman–Crippen LogP) is 3.02. The number of rotatable bonds is 4. The van der Waals surface area contributed by atoms with Crippen LogP contribution in [0.15, 0.2) is 24.3 Å². The fraction of sp³-hybridized carbons (Fsp3) is 0.375. The van der Waals surface area contributed by atoms with E-state index in [0.717, 1.165) is 35.6 Å². The average Bonchev–Trinajstić information content (AvgIpc) is 3.26. The van der Waals surface area contributed by atoms with E-state index in [1.807, 2.05) is 24.9 Å². The van der Waals surface area contributed by atoms with E-state index in [1.54, 1.807) is 6.07 Å². The minimum atomic E-state index is -0.224. The molecule has 0 radical (unpaired) electrons. The van der Waals surface area contributed by atoms with Gasteiger partial charge >= 0.3 is 0 Å². The summed E-state index contributed by atoms with van der Waals surface area (Å²) < 4.78 is 13.3. The van der Waals surface area contributed by atoms with Gasteiger partial charge in [0, 0.05) is 25.1 Å². The summed E-state index contributed by atoms with van der Waals surface area (Å²) in [5.74, 6) is 2.42. The summed E-state index contributed by atoms with van der Waals surface area (Å²) in [7, 11) is 1.94. The molecule has 0 aliphatic heterocycles. The Kier molecular flexibility index (Phi) is 3.49. The number of hydrogen-bond donors (Lipinski definition) is 1. The van der Waals surface area contributed by atoms with E-state index >= 15 is 0 Å². The first-order chi connectivity index (χ1) is 10.0. The SMILES string of the molecule is Cc1c(N)nc(C2CC2)nc1N(C)Cc1cccc(F)c1. The molecule has 2 N–H and O–H groups in total. The second kappa shape index (κ2) is 5.31. The molecule has 21 heavy (non-hydrogen) atoms. The number of hydrogen-bond acceptors (Lipinski definition) is 4. The summed E-state index contributed by atoms with van der Waals surface area (Å²) in [6, 6.07) is 6.61. The first-order valence-electron chi connectivity index (χ1n) is 7.14. The van der Waals surface area contributed by atoms with E-state index in [0.29, 0.717) is 18.3 Å². The van der Waals surface area contributed by atoms with E-state index in [4.69, 9.17) is 5.73 Å². The van der Waals surface area contributed by atoms with Crippen molar-refractivity contribution in [3.05, 3.63) is 47.0 Å². The van der Waals surface area contributed by atoms with Gasteiger partial charge in [-0.25, -0.2) is 14.4 Å². The van der Waals surface area contributed by atoms with Crippen LogP contribution in [0.1, 0.15) is 35.7 Å². The summed E-state index contributed by atoms with van der Waals surface area (Å²) in [4.78, 5) is 11.0. The Morgan fingerprint density at radius 1 is 1.33 bits per heavy atom. The molecule has 1 aliphatic carbocycles. The van der Waals surface area contributed by atoms with E-state index in [2.05, 4.69) is 9.97 Å². The van der Waals surface area contributed by atoms with Crippen molar-refractivity contribution < 1.29 is 4.39 Å². The molecule has 1 aromatic heterocycles. The van der Waals surface area contributed by atoms with Crippen molar-refractivity contribution in [3.8, 4) is 0 Å². The van der Waals surface area contributed by atoms with E-state index in [-0.39, 0.29) is 5.82 Å². The Labute approximate surface area is 123 Å². The highest BCUT2D eigenvalue weighted by Crippen LogP contribution is 2.39. The molecule has 0 unspecified atom stereocenters. The Bertz CT molecular complexity index is 667. The number of nitrogen functional groups attached to an aromatic ring is 1. The lowest BCUT2D eigenvalue weighted by Gasteiger charge is -2.21. The maximum absolute atomic E-state index is 13.3. The third-order valence-electron chi connectivity index (χ3n) is 3.79. The topological polar surface area (TPSA) is 55.0 Å². The molecule has 1 aliphatic rings. The summed E-state index contributed by atoms with van der Waals surface area (Å²) in [6.07, 6.45) is 2.27. The lowest BCUT2D eigenvalue weighted by Crippen LogP contribution is -2.21. The highest BCUT2D eigenvalue weighted by Gasteiger charge is 2.28. The molecular formula is C16H19FN4. The number of benzene rings is 1. The zero-order valence-corrected chi connectivity index (χ0v) is 12.3. The van der Waals surface area contributed by atoms with E-state index < -0.39 is 0 Å². The van der Waals surface area contributed by atoms with Gasteiger partial charge in [0.05, 0.1) is 0 Å². The number of nitrogens with zero attached hydrogens (tertiary/aromatic N) is 3. The smallest absolute Gasteiger partial charge is 0.137 e. The van der Waals surface area contributed by atoms with Gasteiger partial charge in [0.2, 0.25) is 0 Å². The Morgan fingerprint density at radius 3 is 2.76 bits per heavy atom. The molecule has 2 aromatic rings. The van der Waals surface area contributed by atoms with Gasteiger partial charge in [-0.1, -0.05) is 12.1 Å². The van der Waals surface area contributed by atoms with Crippen LogP contribution in [0.25, 0.3) is 0 Å². The fourth-order valence-corrected chi connectivity index (χ4v) is 2.42. The highest BCUT2D eigenvalue weighted by atomic mass is 19.1. The van der Waals surface area contributed by atoms with Gasteiger partial charge in [-0.3, -0.25) is 0 Å². The molecule has 110 valence electrons. The molecule has 0 bridgehead atoms. The second-order valence-corrected chi connectivity index (χ2v) is 5.68. The third kappa shape index (κ3) is 2.96. The van der Waals surface area contributed by atoms with E-state index in [9.17, 15) is 4.39 Å². The molecular weight excluding hydrogens is 267 g/mol. The minimum Gasteiger partial charge on any atom is -0.383 e. The molecule has 1 aromatic carbocycles. The first-order valence-corrected chi connectivity index (χ1v) is 7.14. The lowest BCUT2D eigenvalue weighted by molar-refractivity contribution is 0.625. The van der Waals surface area contributed by atoms with Gasteiger partial charge < -0.3 is 10.6 Å². The molecule has 3 rings (SSSR count). The van der Waals surface area contributed by atoms with Crippen LogP contribution in [0.5, 0.6) is 0 Å². The average molecular weight is 286 g/mol. The maximum atomic E-state index is 13.3. The summed E-state index contributed by atoms with van der Waals surface area (Å²) in [5, 5.41) is 0. The number of aromatic nitrogens is 2. The Morgan fingerprint density at radius 2 is 2.10 bits per heavy atom. The van der Waals surface area contributed by atoms with Crippen molar-refractivity contribution in [2.24, 2.45) is 0 Å². The number of nitrogens with two attached hydrogens (primary N) is 1. The van der Waals surface area contributed by atoms with Crippen LogP contribution in [-0.2, 0) is 6.54 Å². The van der Waals surface area contributed by atoms with Crippen LogP contribution >= 0.6 is 0 Å². The molecule has 1 fully saturated rings. The standard InChI is InChI=1S/C16H19FN4/c1-10-14(18)19-15(12-6-7-12)20-16(10)21(2)9-11-4-3-5-13(17)8-11/h3-5,8,12H,6-7,9H2,1-2H3,(H2,18,19,20). The Hall–Kier alpha value is -2.17. The monoisotopic (exact) mass is 286 g/mol. The molecule has 0 atom stereocenters. The first kappa shape index (κ1) is 13.8. The van der Waals surface area contributed by atoms with Gasteiger partial charge in [-0.15, -0.1) is 0 Å². The number of halogens is 1. The largest absolute Gasteiger partial charge is 0.383 e. The fourth-order valence-electron chi connectivity index (χ4n) is 2.42. The zero-order valence-electron chi connectivity index (χ0n) is 12.3. The van der Waals surface area contributed by atoms with Crippen LogP contribution < -0.4 is 10.6 Å².